The van der Waals surface area contributed by atoms with Crippen LogP contribution in [0.5, 0.6) is 0 Å². The average molecular weight is 393 g/mol. The van der Waals surface area contributed by atoms with E-state index in [-0.39, 0.29) is 24.8 Å². The van der Waals surface area contributed by atoms with Crippen molar-refractivity contribution in [3.05, 3.63) is 71.7 Å². The number of pyridine rings is 1. The number of aryl methyl sites for hydroxylation is 1. The number of imidazole rings is 1. The number of fused-ring (bicyclic) bond motifs is 1. The third-order valence-electron chi connectivity index (χ3n) is 5.18. The molecule has 0 spiro atoms. The normalized spacial score (nSPS) is 19.9. The fraction of sp³-hybridized carbons (Fsp3) is 0.350. The molecule has 1 aliphatic rings. The topological polar surface area (TPSA) is 46.6 Å². The smallest absolute Gasteiger partial charge is 0.137 e. The van der Waals surface area contributed by atoms with Gasteiger partial charge in [-0.3, -0.25) is 4.90 Å². The van der Waals surface area contributed by atoms with Gasteiger partial charge in [0.2, 0.25) is 0 Å². The van der Waals surface area contributed by atoms with Crippen LogP contribution in [0.15, 0.2) is 54.7 Å². The van der Waals surface area contributed by atoms with Crippen molar-refractivity contribution < 1.29 is 0 Å². The molecule has 2 N–H and O–H groups in total. The summed E-state index contributed by atoms with van der Waals surface area (Å²) in [5, 5.41) is 0. The van der Waals surface area contributed by atoms with Gasteiger partial charge in [0.25, 0.3) is 0 Å². The van der Waals surface area contributed by atoms with Crippen molar-refractivity contribution in [1.29, 1.82) is 0 Å². The number of aromatic nitrogens is 2. The molecule has 26 heavy (non-hydrogen) atoms. The van der Waals surface area contributed by atoms with Gasteiger partial charge in [-0.25, -0.2) is 4.98 Å². The Morgan fingerprint density at radius 2 is 1.81 bits per heavy atom. The Bertz CT molecular complexity index is 834. The standard InChI is InChI=1S/C20H24N4.2ClH/c1-15-6-5-9-20-22-18(13-24(15)20)12-23-11-17(10-21)19(14-23)16-7-3-2-4-8-16;;/h2-9,13,17,19H,10-12,14,21H2,1H3;2*1H/t17-,19+;;/m1../s1. The van der Waals surface area contributed by atoms with Gasteiger partial charge in [0.15, 0.2) is 0 Å². The van der Waals surface area contributed by atoms with Gasteiger partial charge in [0.05, 0.1) is 5.69 Å². The maximum absolute atomic E-state index is 6.05. The van der Waals surface area contributed by atoms with Crippen molar-refractivity contribution in [1.82, 2.24) is 14.3 Å². The molecule has 0 unspecified atom stereocenters. The Morgan fingerprint density at radius 3 is 2.50 bits per heavy atom. The average Bonchev–Trinajstić information content (AvgIpc) is 3.20. The maximum atomic E-state index is 6.05. The second-order valence-corrected chi connectivity index (χ2v) is 6.83. The summed E-state index contributed by atoms with van der Waals surface area (Å²) < 4.78 is 2.17. The first-order chi connectivity index (χ1) is 11.7. The molecule has 1 saturated heterocycles. The molecule has 4 rings (SSSR count). The van der Waals surface area contributed by atoms with Crippen LogP contribution in [0.1, 0.15) is 22.9 Å². The maximum Gasteiger partial charge on any atom is 0.137 e. The molecule has 4 nitrogen and oxygen atoms in total. The van der Waals surface area contributed by atoms with Gasteiger partial charge < -0.3 is 10.1 Å². The molecule has 0 saturated carbocycles. The third kappa shape index (κ3) is 4.04. The second kappa shape index (κ2) is 8.87. The number of benzene rings is 1. The minimum atomic E-state index is 0. The van der Waals surface area contributed by atoms with E-state index in [0.717, 1.165) is 37.5 Å². The summed E-state index contributed by atoms with van der Waals surface area (Å²) in [6, 6.07) is 17.0. The lowest BCUT2D eigenvalue weighted by Gasteiger charge is -2.16. The first kappa shape index (κ1) is 20.7. The molecule has 2 aromatic heterocycles. The number of nitrogens with zero attached hydrogens (tertiary/aromatic N) is 3. The van der Waals surface area contributed by atoms with E-state index in [1.165, 1.54) is 11.3 Å². The highest BCUT2D eigenvalue weighted by Gasteiger charge is 2.32. The van der Waals surface area contributed by atoms with Gasteiger partial charge >= 0.3 is 0 Å². The molecular weight excluding hydrogens is 367 g/mol. The Hall–Kier alpha value is -1.59. The predicted octanol–water partition coefficient (Wildman–Crippen LogP) is 3.66. The SMILES string of the molecule is Cc1cccc2nc(CN3C[C@@H](CN)[C@H](c4ccccc4)C3)cn12.Cl.Cl. The summed E-state index contributed by atoms with van der Waals surface area (Å²) in [4.78, 5) is 7.27. The minimum absolute atomic E-state index is 0. The van der Waals surface area contributed by atoms with Crippen LogP contribution in [0, 0.1) is 12.8 Å². The molecule has 0 bridgehead atoms. The van der Waals surface area contributed by atoms with Gasteiger partial charge in [-0.15, -0.1) is 24.8 Å². The number of halogens is 2. The zero-order chi connectivity index (χ0) is 16.5. The molecular formula is C20H26Cl2N4. The molecule has 2 atom stereocenters. The minimum Gasteiger partial charge on any atom is -0.330 e. The highest BCUT2D eigenvalue weighted by atomic mass is 35.5. The first-order valence-electron chi connectivity index (χ1n) is 8.65. The predicted molar refractivity (Wildman–Crippen MR) is 111 cm³/mol. The summed E-state index contributed by atoms with van der Waals surface area (Å²) in [5.41, 5.74) is 10.8. The third-order valence-corrected chi connectivity index (χ3v) is 5.18. The summed E-state index contributed by atoms with van der Waals surface area (Å²) in [5.74, 6) is 1.04. The van der Waals surface area contributed by atoms with Crippen LogP contribution in [-0.4, -0.2) is 33.9 Å². The molecule has 0 aliphatic carbocycles. The van der Waals surface area contributed by atoms with E-state index < -0.39 is 0 Å². The van der Waals surface area contributed by atoms with Crippen LogP contribution in [0.3, 0.4) is 0 Å². The molecule has 1 aliphatic heterocycles. The summed E-state index contributed by atoms with van der Waals surface area (Å²) in [6.45, 7) is 5.84. The Morgan fingerprint density at radius 1 is 1.04 bits per heavy atom. The Labute approximate surface area is 167 Å². The fourth-order valence-corrected chi connectivity index (χ4v) is 3.91. The quantitative estimate of drug-likeness (QED) is 0.736. The molecule has 140 valence electrons. The molecule has 3 heterocycles. The lowest BCUT2D eigenvalue weighted by molar-refractivity contribution is 0.313. The van der Waals surface area contributed by atoms with Gasteiger partial charge in [-0.2, -0.15) is 0 Å². The van der Waals surface area contributed by atoms with Crippen LogP contribution < -0.4 is 5.73 Å². The Balaban J connectivity index is 0.00000121. The largest absolute Gasteiger partial charge is 0.330 e. The zero-order valence-corrected chi connectivity index (χ0v) is 16.5. The van der Waals surface area contributed by atoms with Crippen LogP contribution in [0.4, 0.5) is 0 Å². The Kier molecular flexibility index (Phi) is 7.07. The number of likely N-dealkylation sites (tertiary alicyclic amines) is 1. The number of hydrogen-bond donors (Lipinski definition) is 1. The zero-order valence-electron chi connectivity index (χ0n) is 14.9. The highest BCUT2D eigenvalue weighted by Crippen LogP contribution is 2.32. The van der Waals surface area contributed by atoms with E-state index in [9.17, 15) is 0 Å². The molecule has 0 amide bonds. The van der Waals surface area contributed by atoms with Crippen LogP contribution in [0.2, 0.25) is 0 Å². The van der Waals surface area contributed by atoms with Gasteiger partial charge in [0.1, 0.15) is 5.65 Å². The first-order valence-corrected chi connectivity index (χ1v) is 8.65. The van der Waals surface area contributed by atoms with Gasteiger partial charge in [0, 0.05) is 37.4 Å². The fourth-order valence-electron chi connectivity index (χ4n) is 3.91. The van der Waals surface area contributed by atoms with Crippen molar-refractivity contribution >= 4 is 30.5 Å². The lowest BCUT2D eigenvalue weighted by atomic mass is 9.89. The van der Waals surface area contributed by atoms with Gasteiger partial charge in [-0.1, -0.05) is 36.4 Å². The molecule has 1 aromatic carbocycles. The van der Waals surface area contributed by atoms with Crippen molar-refractivity contribution in [3.8, 4) is 0 Å². The summed E-state index contributed by atoms with van der Waals surface area (Å²) in [6.07, 6.45) is 2.16. The van der Waals surface area contributed by atoms with E-state index in [1.807, 2.05) is 0 Å². The van der Waals surface area contributed by atoms with Crippen molar-refractivity contribution in [3.63, 3.8) is 0 Å². The second-order valence-electron chi connectivity index (χ2n) is 6.83. The van der Waals surface area contributed by atoms with E-state index >= 15 is 0 Å². The number of hydrogen-bond acceptors (Lipinski definition) is 3. The highest BCUT2D eigenvalue weighted by molar-refractivity contribution is 5.85. The number of rotatable bonds is 4. The number of nitrogens with two attached hydrogens (primary N) is 1. The van der Waals surface area contributed by atoms with Crippen molar-refractivity contribution in [2.24, 2.45) is 11.7 Å². The van der Waals surface area contributed by atoms with Crippen LogP contribution >= 0.6 is 24.8 Å². The summed E-state index contributed by atoms with van der Waals surface area (Å²) >= 11 is 0. The molecule has 6 heteroatoms. The van der Waals surface area contributed by atoms with Gasteiger partial charge in [-0.05, 0) is 37.1 Å². The van der Waals surface area contributed by atoms with E-state index in [2.05, 4.69) is 71.0 Å². The molecule has 0 radical (unpaired) electrons. The van der Waals surface area contributed by atoms with E-state index in [0.29, 0.717) is 11.8 Å². The van der Waals surface area contributed by atoms with Crippen LogP contribution in [-0.2, 0) is 6.54 Å². The lowest BCUT2D eigenvalue weighted by Crippen LogP contribution is -2.23. The van der Waals surface area contributed by atoms with Crippen molar-refractivity contribution in [2.75, 3.05) is 19.6 Å². The monoisotopic (exact) mass is 392 g/mol. The summed E-state index contributed by atoms with van der Waals surface area (Å²) in [7, 11) is 0. The molecule has 1 fully saturated rings. The van der Waals surface area contributed by atoms with E-state index in [1.54, 1.807) is 0 Å². The van der Waals surface area contributed by atoms with Crippen LogP contribution in [0.25, 0.3) is 5.65 Å². The molecule has 3 aromatic rings. The van der Waals surface area contributed by atoms with Crippen molar-refractivity contribution in [2.45, 2.75) is 19.4 Å². The van der Waals surface area contributed by atoms with E-state index in [4.69, 9.17) is 10.7 Å².